The molecule has 1 atom stereocenters. The van der Waals surface area contributed by atoms with Gasteiger partial charge in [0.1, 0.15) is 18.2 Å². The fourth-order valence-corrected chi connectivity index (χ4v) is 3.26. The maximum atomic E-state index is 12.7. The predicted octanol–water partition coefficient (Wildman–Crippen LogP) is 3.40. The van der Waals surface area contributed by atoms with Crippen molar-refractivity contribution in [1.82, 2.24) is 4.98 Å². The number of nitrogens with zero attached hydrogens (tertiary/aromatic N) is 2. The Morgan fingerprint density at radius 2 is 1.96 bits per heavy atom. The molecule has 0 spiro atoms. The van der Waals surface area contributed by atoms with Gasteiger partial charge in [-0.05, 0) is 30.0 Å². The van der Waals surface area contributed by atoms with Gasteiger partial charge in [0.05, 0.1) is 6.54 Å². The van der Waals surface area contributed by atoms with E-state index in [2.05, 4.69) is 4.98 Å². The molecular weight excluding hydrogens is 342 g/mol. The Hall–Kier alpha value is -3.28. The predicted molar refractivity (Wildman–Crippen MR) is 105 cm³/mol. The van der Waals surface area contributed by atoms with Gasteiger partial charge in [-0.25, -0.2) is 4.98 Å². The molecule has 27 heavy (non-hydrogen) atoms. The summed E-state index contributed by atoms with van der Waals surface area (Å²) in [5, 5.41) is 2.16. The minimum absolute atomic E-state index is 0.121. The maximum absolute atomic E-state index is 12.7. The van der Waals surface area contributed by atoms with Crippen molar-refractivity contribution in [3.8, 4) is 11.5 Å². The summed E-state index contributed by atoms with van der Waals surface area (Å²) in [6, 6.07) is 17.4. The van der Waals surface area contributed by atoms with Crippen LogP contribution in [0.15, 0.2) is 54.6 Å². The molecule has 4 rings (SSSR count). The molecular formula is C21H21N3O3. The topological polar surface area (TPSA) is 77.7 Å². The maximum Gasteiger partial charge on any atom is 0.269 e. The molecule has 0 fully saturated rings. The highest BCUT2D eigenvalue weighted by molar-refractivity contribution is 5.99. The third kappa shape index (κ3) is 3.26. The van der Waals surface area contributed by atoms with Gasteiger partial charge in [-0.2, -0.15) is 0 Å². The number of hydrogen-bond donors (Lipinski definition) is 1. The van der Waals surface area contributed by atoms with Crippen LogP contribution < -0.4 is 20.1 Å². The fourth-order valence-electron chi connectivity index (χ4n) is 3.26. The molecule has 0 bridgehead atoms. The molecule has 138 valence electrons. The Balaban J connectivity index is 1.55. The van der Waals surface area contributed by atoms with Crippen molar-refractivity contribution in [2.45, 2.75) is 19.4 Å². The largest absolute Gasteiger partial charge is 0.491 e. The third-order valence-electron chi connectivity index (χ3n) is 4.62. The van der Waals surface area contributed by atoms with Crippen LogP contribution in [0.4, 0.5) is 11.6 Å². The molecule has 6 heteroatoms. The number of amides is 1. The summed E-state index contributed by atoms with van der Waals surface area (Å²) in [6.07, 6.45) is 0.0732. The normalized spacial score (nSPS) is 16.1. The highest BCUT2D eigenvalue weighted by atomic mass is 16.5. The van der Waals surface area contributed by atoms with Gasteiger partial charge in [-0.1, -0.05) is 43.3 Å². The SMILES string of the molecule is CCC1Oc2ccc(N)nc2N(CCOc2cccc3ccccc23)C1=O. The highest BCUT2D eigenvalue weighted by Gasteiger charge is 2.34. The molecule has 6 nitrogen and oxygen atoms in total. The Morgan fingerprint density at radius 3 is 2.81 bits per heavy atom. The summed E-state index contributed by atoms with van der Waals surface area (Å²) in [4.78, 5) is 18.6. The van der Waals surface area contributed by atoms with Crippen LogP contribution in [0.25, 0.3) is 10.8 Å². The summed E-state index contributed by atoms with van der Waals surface area (Å²) in [5.74, 6) is 2.04. The molecule has 0 aliphatic carbocycles. The number of anilines is 2. The standard InChI is InChI=1S/C21H21N3O3/c1-2-16-21(25)24(20-18(27-16)10-11-19(22)23-20)12-13-26-17-9-5-7-14-6-3-4-8-15(14)17/h3-11,16H,2,12-13H2,1H3,(H2,22,23). The molecule has 0 radical (unpaired) electrons. The molecule has 2 aromatic carbocycles. The molecule has 2 N–H and O–H groups in total. The first kappa shape index (κ1) is 17.1. The molecule has 1 aliphatic heterocycles. The number of nitrogens with two attached hydrogens (primary N) is 1. The number of hydrogen-bond acceptors (Lipinski definition) is 5. The Morgan fingerprint density at radius 1 is 1.15 bits per heavy atom. The first-order valence-corrected chi connectivity index (χ1v) is 9.02. The van der Waals surface area contributed by atoms with Crippen molar-refractivity contribution < 1.29 is 14.3 Å². The van der Waals surface area contributed by atoms with Crippen LogP contribution in [0.5, 0.6) is 11.5 Å². The summed E-state index contributed by atoms with van der Waals surface area (Å²) >= 11 is 0. The number of rotatable bonds is 5. The third-order valence-corrected chi connectivity index (χ3v) is 4.62. The number of pyridine rings is 1. The number of benzene rings is 2. The van der Waals surface area contributed by atoms with Crippen molar-refractivity contribution in [2.75, 3.05) is 23.8 Å². The average Bonchev–Trinajstić information content (AvgIpc) is 2.69. The van der Waals surface area contributed by atoms with Crippen molar-refractivity contribution in [3.05, 3.63) is 54.6 Å². The van der Waals surface area contributed by atoms with E-state index in [1.807, 2.05) is 49.4 Å². The van der Waals surface area contributed by atoms with Gasteiger partial charge < -0.3 is 15.2 Å². The van der Waals surface area contributed by atoms with Gasteiger partial charge in [-0.15, -0.1) is 0 Å². The molecule has 3 aromatic rings. The zero-order chi connectivity index (χ0) is 18.8. The Bertz CT molecular complexity index is 984. The van der Waals surface area contributed by atoms with Crippen molar-refractivity contribution in [1.29, 1.82) is 0 Å². The summed E-state index contributed by atoms with van der Waals surface area (Å²) in [7, 11) is 0. The van der Waals surface area contributed by atoms with E-state index in [1.54, 1.807) is 17.0 Å². The van der Waals surface area contributed by atoms with Gasteiger partial charge >= 0.3 is 0 Å². The van der Waals surface area contributed by atoms with Gasteiger partial charge in [-0.3, -0.25) is 9.69 Å². The van der Waals surface area contributed by atoms with Crippen LogP contribution in [0.2, 0.25) is 0 Å². The van der Waals surface area contributed by atoms with Crippen molar-refractivity contribution >= 4 is 28.3 Å². The first-order valence-electron chi connectivity index (χ1n) is 9.02. The van der Waals surface area contributed by atoms with Crippen LogP contribution in [0.1, 0.15) is 13.3 Å². The average molecular weight is 363 g/mol. The van der Waals surface area contributed by atoms with E-state index in [-0.39, 0.29) is 5.91 Å². The highest BCUT2D eigenvalue weighted by Crippen LogP contribution is 2.33. The van der Waals surface area contributed by atoms with Gasteiger partial charge in [0.25, 0.3) is 5.91 Å². The number of ether oxygens (including phenoxy) is 2. The monoisotopic (exact) mass is 363 g/mol. The Labute approximate surface area is 157 Å². The molecule has 2 heterocycles. The molecule has 1 unspecified atom stereocenters. The zero-order valence-electron chi connectivity index (χ0n) is 15.1. The van der Waals surface area contributed by atoms with Crippen LogP contribution >= 0.6 is 0 Å². The van der Waals surface area contributed by atoms with E-state index in [0.29, 0.717) is 37.0 Å². The lowest BCUT2D eigenvalue weighted by Crippen LogP contribution is -2.47. The Kier molecular flexibility index (Phi) is 4.54. The lowest BCUT2D eigenvalue weighted by molar-refractivity contribution is -0.126. The smallest absolute Gasteiger partial charge is 0.269 e. The number of nitrogen functional groups attached to an aromatic ring is 1. The molecule has 1 aliphatic rings. The molecule has 1 aromatic heterocycles. The van der Waals surface area contributed by atoms with Gasteiger partial charge in [0.15, 0.2) is 17.7 Å². The van der Waals surface area contributed by atoms with Crippen LogP contribution in [-0.2, 0) is 4.79 Å². The second kappa shape index (κ2) is 7.15. The number of fused-ring (bicyclic) bond motifs is 2. The zero-order valence-corrected chi connectivity index (χ0v) is 15.1. The number of aromatic nitrogens is 1. The van der Waals surface area contributed by atoms with Crippen LogP contribution in [-0.4, -0.2) is 30.1 Å². The molecule has 0 saturated carbocycles. The van der Waals surface area contributed by atoms with E-state index in [4.69, 9.17) is 15.2 Å². The minimum Gasteiger partial charge on any atom is -0.491 e. The van der Waals surface area contributed by atoms with Crippen molar-refractivity contribution in [3.63, 3.8) is 0 Å². The van der Waals surface area contributed by atoms with Crippen LogP contribution in [0, 0.1) is 0 Å². The number of carbonyl (C=O) groups is 1. The lowest BCUT2D eigenvalue weighted by atomic mass is 10.1. The quantitative estimate of drug-likeness (QED) is 0.752. The molecule has 0 saturated heterocycles. The van der Waals surface area contributed by atoms with E-state index >= 15 is 0 Å². The molecule has 1 amide bonds. The van der Waals surface area contributed by atoms with Crippen molar-refractivity contribution in [2.24, 2.45) is 0 Å². The summed E-state index contributed by atoms with van der Waals surface area (Å²) < 4.78 is 11.7. The van der Waals surface area contributed by atoms with E-state index in [9.17, 15) is 4.79 Å². The van der Waals surface area contributed by atoms with Crippen LogP contribution in [0.3, 0.4) is 0 Å². The second-order valence-electron chi connectivity index (χ2n) is 6.39. The summed E-state index contributed by atoms with van der Waals surface area (Å²) in [5.41, 5.74) is 5.80. The number of carbonyl (C=O) groups excluding carboxylic acids is 1. The van der Waals surface area contributed by atoms with E-state index in [1.165, 1.54) is 0 Å². The fraction of sp³-hybridized carbons (Fsp3) is 0.238. The first-order chi connectivity index (χ1) is 13.2. The summed E-state index contributed by atoms with van der Waals surface area (Å²) in [6.45, 7) is 2.63. The van der Waals surface area contributed by atoms with Gasteiger partial charge in [0.2, 0.25) is 0 Å². The second-order valence-corrected chi connectivity index (χ2v) is 6.39. The van der Waals surface area contributed by atoms with E-state index in [0.717, 1.165) is 16.5 Å². The van der Waals surface area contributed by atoms with E-state index < -0.39 is 6.10 Å². The van der Waals surface area contributed by atoms with Gasteiger partial charge in [0, 0.05) is 5.39 Å². The minimum atomic E-state index is -0.513. The lowest BCUT2D eigenvalue weighted by Gasteiger charge is -2.33.